The van der Waals surface area contributed by atoms with Crippen molar-refractivity contribution in [2.75, 3.05) is 13.2 Å². The van der Waals surface area contributed by atoms with Crippen molar-refractivity contribution in [2.24, 2.45) is 0 Å². The van der Waals surface area contributed by atoms with Crippen LogP contribution >= 0.6 is 11.5 Å². The van der Waals surface area contributed by atoms with E-state index >= 15 is 0 Å². The smallest absolute Gasteiger partial charge is 0.119 e. The number of hydrogen-bond donors (Lipinski definition) is 1. The number of rotatable bonds is 7. The molecule has 0 saturated carbocycles. The van der Waals surface area contributed by atoms with Crippen LogP contribution in [0.5, 0.6) is 5.75 Å². The van der Waals surface area contributed by atoms with Gasteiger partial charge in [0, 0.05) is 0 Å². The van der Waals surface area contributed by atoms with E-state index in [9.17, 15) is 0 Å². The second-order valence-corrected chi connectivity index (χ2v) is 5.05. The maximum atomic E-state index is 5.60. The largest absolute Gasteiger partial charge is 0.494 e. The first-order valence-electron chi connectivity index (χ1n) is 6.58. The van der Waals surface area contributed by atoms with Crippen LogP contribution in [0, 0.1) is 0 Å². The van der Waals surface area contributed by atoms with Gasteiger partial charge in [-0.3, -0.25) is 0 Å². The molecule has 0 amide bonds. The Morgan fingerprint density at radius 3 is 2.63 bits per heavy atom. The molecule has 0 radical (unpaired) electrons. The number of hydrogen-bond acceptors (Lipinski definition) is 5. The zero-order chi connectivity index (χ0) is 13.5. The Morgan fingerprint density at radius 1 is 1.26 bits per heavy atom. The maximum Gasteiger partial charge on any atom is 0.119 e. The summed E-state index contributed by atoms with van der Waals surface area (Å²) in [6.45, 7) is 5.86. The van der Waals surface area contributed by atoms with Crippen LogP contribution in [-0.4, -0.2) is 22.7 Å². The van der Waals surface area contributed by atoms with Crippen LogP contribution in [0.1, 0.15) is 36.8 Å². The van der Waals surface area contributed by atoms with Gasteiger partial charge in [0.2, 0.25) is 0 Å². The van der Waals surface area contributed by atoms with Gasteiger partial charge >= 0.3 is 0 Å². The molecule has 0 aliphatic carbocycles. The summed E-state index contributed by atoms with van der Waals surface area (Å²) < 4.78 is 9.53. The van der Waals surface area contributed by atoms with Crippen molar-refractivity contribution >= 4 is 11.5 Å². The highest BCUT2D eigenvalue weighted by Gasteiger charge is 2.15. The fourth-order valence-electron chi connectivity index (χ4n) is 1.87. The molecule has 1 unspecified atom stereocenters. The molecule has 0 saturated heterocycles. The molecule has 0 aliphatic heterocycles. The van der Waals surface area contributed by atoms with Gasteiger partial charge in [-0.1, -0.05) is 30.5 Å². The van der Waals surface area contributed by atoms with E-state index < -0.39 is 0 Å². The van der Waals surface area contributed by atoms with E-state index in [1.54, 1.807) is 0 Å². The van der Waals surface area contributed by atoms with Crippen LogP contribution in [0.4, 0.5) is 0 Å². The van der Waals surface area contributed by atoms with Crippen molar-refractivity contribution in [3.63, 3.8) is 0 Å². The molecule has 1 aromatic heterocycles. The Labute approximate surface area is 118 Å². The molecule has 0 fully saturated rings. The second kappa shape index (κ2) is 7.21. The van der Waals surface area contributed by atoms with Gasteiger partial charge in [0.05, 0.1) is 23.7 Å². The highest BCUT2D eigenvalue weighted by Crippen LogP contribution is 2.25. The minimum Gasteiger partial charge on any atom is -0.494 e. The van der Waals surface area contributed by atoms with Crippen molar-refractivity contribution in [1.82, 2.24) is 14.9 Å². The molecule has 0 bridgehead atoms. The van der Waals surface area contributed by atoms with Crippen molar-refractivity contribution in [1.29, 1.82) is 0 Å². The van der Waals surface area contributed by atoms with Gasteiger partial charge in [-0.2, -0.15) is 0 Å². The Balaban J connectivity index is 2.13. The third kappa shape index (κ3) is 3.75. The normalized spacial score (nSPS) is 12.3. The highest BCUT2D eigenvalue weighted by molar-refractivity contribution is 7.05. The lowest BCUT2D eigenvalue weighted by Gasteiger charge is -2.16. The van der Waals surface area contributed by atoms with Gasteiger partial charge in [0.25, 0.3) is 0 Å². The van der Waals surface area contributed by atoms with Crippen molar-refractivity contribution in [3.8, 4) is 5.75 Å². The van der Waals surface area contributed by atoms with Gasteiger partial charge < -0.3 is 10.1 Å². The fourth-order valence-corrected chi connectivity index (χ4v) is 2.47. The topological polar surface area (TPSA) is 47.0 Å². The van der Waals surface area contributed by atoms with E-state index in [2.05, 4.69) is 40.9 Å². The molecule has 4 nitrogen and oxygen atoms in total. The average Bonchev–Trinajstić information content (AvgIpc) is 2.97. The van der Waals surface area contributed by atoms with Gasteiger partial charge in [-0.05, 0) is 42.2 Å². The molecular formula is C14H19N3OS. The molecule has 1 atom stereocenters. The third-order valence-corrected chi connectivity index (χ3v) is 3.49. The summed E-state index contributed by atoms with van der Waals surface area (Å²) in [7, 11) is 0. The Hall–Kier alpha value is -1.46. The third-order valence-electron chi connectivity index (χ3n) is 2.76. The van der Waals surface area contributed by atoms with Gasteiger partial charge in [-0.15, -0.1) is 5.10 Å². The molecule has 1 N–H and O–H groups in total. The van der Waals surface area contributed by atoms with Gasteiger partial charge in [-0.25, -0.2) is 0 Å². The summed E-state index contributed by atoms with van der Waals surface area (Å²) in [5.41, 5.74) is 1.21. The fraction of sp³-hybridized carbons (Fsp3) is 0.429. The highest BCUT2D eigenvalue weighted by atomic mass is 32.1. The summed E-state index contributed by atoms with van der Waals surface area (Å²) in [5.74, 6) is 0.920. The second-order valence-electron chi connectivity index (χ2n) is 4.23. The predicted molar refractivity (Wildman–Crippen MR) is 77.7 cm³/mol. The van der Waals surface area contributed by atoms with E-state index in [1.807, 2.05) is 18.3 Å². The lowest BCUT2D eigenvalue weighted by atomic mass is 10.1. The molecule has 2 rings (SSSR count). The molecule has 2 aromatic rings. The van der Waals surface area contributed by atoms with E-state index in [0.717, 1.165) is 30.2 Å². The first kappa shape index (κ1) is 14.0. The first-order valence-corrected chi connectivity index (χ1v) is 7.35. The standard InChI is InChI=1S/C14H19N3OS/c1-3-9-18-12-7-5-11(6-8-12)14(15-4-2)13-10-16-17-19-13/h5-8,10,14-15H,3-4,9H2,1-2H3. The summed E-state index contributed by atoms with van der Waals surface area (Å²) in [4.78, 5) is 1.13. The minimum atomic E-state index is 0.158. The minimum absolute atomic E-state index is 0.158. The Kier molecular flexibility index (Phi) is 5.30. The Bertz CT molecular complexity index is 470. The average molecular weight is 277 g/mol. The lowest BCUT2D eigenvalue weighted by molar-refractivity contribution is 0.317. The first-order chi connectivity index (χ1) is 9.35. The van der Waals surface area contributed by atoms with Crippen LogP contribution in [-0.2, 0) is 0 Å². The monoisotopic (exact) mass is 277 g/mol. The summed E-state index contributed by atoms with van der Waals surface area (Å²) in [6, 6.07) is 8.38. The SMILES string of the molecule is CCCOc1ccc(C(NCC)c2cnns2)cc1. The number of benzene rings is 1. The summed E-state index contributed by atoms with van der Waals surface area (Å²) >= 11 is 1.43. The van der Waals surface area contributed by atoms with E-state index in [4.69, 9.17) is 4.74 Å². The molecule has 102 valence electrons. The van der Waals surface area contributed by atoms with Gasteiger partial charge in [0.1, 0.15) is 5.75 Å². The molecule has 0 spiro atoms. The molecule has 0 aliphatic rings. The molecule has 1 aromatic carbocycles. The Morgan fingerprint density at radius 2 is 2.05 bits per heavy atom. The van der Waals surface area contributed by atoms with E-state index in [-0.39, 0.29) is 6.04 Å². The van der Waals surface area contributed by atoms with Crippen LogP contribution in [0.3, 0.4) is 0 Å². The quantitative estimate of drug-likeness (QED) is 0.845. The maximum absolute atomic E-state index is 5.60. The van der Waals surface area contributed by atoms with E-state index in [1.165, 1.54) is 17.1 Å². The molecule has 5 heteroatoms. The predicted octanol–water partition coefficient (Wildman–Crippen LogP) is 3.03. The molecular weight excluding hydrogens is 258 g/mol. The van der Waals surface area contributed by atoms with Crippen LogP contribution in [0.25, 0.3) is 0 Å². The van der Waals surface area contributed by atoms with Crippen LogP contribution < -0.4 is 10.1 Å². The van der Waals surface area contributed by atoms with Crippen LogP contribution in [0.15, 0.2) is 30.5 Å². The lowest BCUT2D eigenvalue weighted by Crippen LogP contribution is -2.21. The van der Waals surface area contributed by atoms with Crippen molar-refractivity contribution in [3.05, 3.63) is 40.9 Å². The van der Waals surface area contributed by atoms with Crippen molar-refractivity contribution in [2.45, 2.75) is 26.3 Å². The number of aromatic nitrogens is 2. The summed E-state index contributed by atoms with van der Waals surface area (Å²) in [5, 5.41) is 7.37. The number of nitrogens with one attached hydrogen (secondary N) is 1. The molecule has 19 heavy (non-hydrogen) atoms. The van der Waals surface area contributed by atoms with Crippen LogP contribution in [0.2, 0.25) is 0 Å². The van der Waals surface area contributed by atoms with Gasteiger partial charge in [0.15, 0.2) is 0 Å². The zero-order valence-electron chi connectivity index (χ0n) is 11.3. The number of nitrogens with zero attached hydrogens (tertiary/aromatic N) is 2. The van der Waals surface area contributed by atoms with Crippen molar-refractivity contribution < 1.29 is 4.74 Å². The summed E-state index contributed by atoms with van der Waals surface area (Å²) in [6.07, 6.45) is 2.84. The zero-order valence-corrected chi connectivity index (χ0v) is 12.1. The van der Waals surface area contributed by atoms with E-state index in [0.29, 0.717) is 0 Å². The molecule has 1 heterocycles. The number of ether oxygens (including phenoxy) is 1.